The van der Waals surface area contributed by atoms with Crippen LogP contribution in [0.25, 0.3) is 0 Å². The van der Waals surface area contributed by atoms with Crippen molar-refractivity contribution in [3.8, 4) is 0 Å². The average molecular weight is 341 g/mol. The molecule has 2 aliphatic rings. The third-order valence-corrected chi connectivity index (χ3v) is 5.49. The minimum atomic E-state index is -0.344. The minimum absolute atomic E-state index is 0.270. The Hall–Kier alpha value is -2.10. The summed E-state index contributed by atoms with van der Waals surface area (Å²) in [7, 11) is 0. The summed E-state index contributed by atoms with van der Waals surface area (Å²) in [5, 5.41) is 0. The van der Waals surface area contributed by atoms with Crippen molar-refractivity contribution < 1.29 is 14.3 Å². The van der Waals surface area contributed by atoms with Gasteiger partial charge in [0.25, 0.3) is 0 Å². The first-order chi connectivity index (χ1) is 12.2. The Balaban J connectivity index is 1.70. The molecule has 0 spiro atoms. The molecule has 0 radical (unpaired) electrons. The summed E-state index contributed by atoms with van der Waals surface area (Å²) in [6.07, 6.45) is 7.24. The van der Waals surface area contributed by atoms with Gasteiger partial charge in [-0.05, 0) is 38.2 Å². The van der Waals surface area contributed by atoms with Crippen LogP contribution >= 0.6 is 0 Å². The number of hydrogen-bond donors (Lipinski definition) is 0. The number of benzene rings is 1. The number of carbonyl (C=O) groups excluding carboxylic acids is 2. The van der Waals surface area contributed by atoms with Gasteiger partial charge in [0, 0.05) is 19.2 Å². The zero-order valence-electron chi connectivity index (χ0n) is 15.0. The zero-order chi connectivity index (χ0) is 17.7. The summed E-state index contributed by atoms with van der Waals surface area (Å²) in [4.78, 5) is 27.0. The first kappa shape index (κ1) is 17.7. The Morgan fingerprint density at radius 3 is 2.36 bits per heavy atom. The molecular weight excluding hydrogens is 314 g/mol. The fourth-order valence-corrected chi connectivity index (χ4v) is 4.16. The number of piperidine rings is 1. The molecule has 1 saturated carbocycles. The summed E-state index contributed by atoms with van der Waals surface area (Å²) in [5.74, 6) is 0.000194. The summed E-state index contributed by atoms with van der Waals surface area (Å²) < 4.78 is 4.98. The van der Waals surface area contributed by atoms with E-state index in [4.69, 9.17) is 4.74 Å². The van der Waals surface area contributed by atoms with E-state index >= 15 is 0 Å². The van der Waals surface area contributed by atoms with Crippen LogP contribution in [0, 0.1) is 0 Å². The molecule has 0 bridgehead atoms. The van der Waals surface area contributed by atoms with Crippen molar-refractivity contribution in [3.05, 3.63) is 47.5 Å². The molecule has 0 atom stereocenters. The normalized spacial score (nSPS) is 19.6. The lowest BCUT2D eigenvalue weighted by Crippen LogP contribution is -2.47. The number of carbonyl (C=O) groups is 2. The molecule has 3 rings (SSSR count). The fraction of sp³-hybridized carbons (Fsp3) is 0.524. The fourth-order valence-electron chi connectivity index (χ4n) is 4.16. The summed E-state index contributed by atoms with van der Waals surface area (Å²) in [6, 6.07) is 10.3. The lowest BCUT2D eigenvalue weighted by Gasteiger charge is -2.37. The first-order valence-corrected chi connectivity index (χ1v) is 9.37. The number of nitrogens with zero attached hydrogens (tertiary/aromatic N) is 1. The predicted molar refractivity (Wildman–Crippen MR) is 97.1 cm³/mol. The van der Waals surface area contributed by atoms with Gasteiger partial charge in [-0.2, -0.15) is 0 Å². The SMILES string of the molecule is CCOC(=O)C=C1CCN(C(=O)C2(c3ccccc3)CCCC2)CC1. The molecule has 4 heteroatoms. The van der Waals surface area contributed by atoms with Crippen LogP contribution in [0.5, 0.6) is 0 Å². The van der Waals surface area contributed by atoms with Gasteiger partial charge in [0.15, 0.2) is 0 Å². The van der Waals surface area contributed by atoms with Gasteiger partial charge in [-0.25, -0.2) is 4.79 Å². The average Bonchev–Trinajstić information content (AvgIpc) is 3.14. The second-order valence-corrected chi connectivity index (χ2v) is 7.00. The van der Waals surface area contributed by atoms with Crippen LogP contribution in [0.4, 0.5) is 0 Å². The van der Waals surface area contributed by atoms with Crippen LogP contribution in [0.3, 0.4) is 0 Å². The van der Waals surface area contributed by atoms with Gasteiger partial charge in [-0.15, -0.1) is 0 Å². The van der Waals surface area contributed by atoms with Gasteiger partial charge in [0.2, 0.25) is 5.91 Å². The Morgan fingerprint density at radius 2 is 1.76 bits per heavy atom. The summed E-state index contributed by atoms with van der Waals surface area (Å²) >= 11 is 0. The highest BCUT2D eigenvalue weighted by molar-refractivity contribution is 5.89. The lowest BCUT2D eigenvalue weighted by molar-refractivity contribution is -0.137. The van der Waals surface area contributed by atoms with Crippen molar-refractivity contribution in [3.63, 3.8) is 0 Å². The van der Waals surface area contributed by atoms with E-state index in [-0.39, 0.29) is 17.3 Å². The number of esters is 1. The Bertz CT molecular complexity index is 634. The molecule has 0 N–H and O–H groups in total. The highest BCUT2D eigenvalue weighted by Gasteiger charge is 2.45. The molecule has 1 aliphatic heterocycles. The Morgan fingerprint density at radius 1 is 1.12 bits per heavy atom. The maximum absolute atomic E-state index is 13.4. The monoisotopic (exact) mass is 341 g/mol. The standard InChI is InChI=1S/C21H27NO3/c1-2-25-19(23)16-17-10-14-22(15-11-17)20(24)21(12-6-7-13-21)18-8-4-3-5-9-18/h3-5,8-9,16H,2,6-7,10-15H2,1H3. The van der Waals surface area contributed by atoms with E-state index in [0.717, 1.165) is 49.7 Å². The van der Waals surface area contributed by atoms with Gasteiger partial charge in [-0.3, -0.25) is 4.79 Å². The van der Waals surface area contributed by atoms with Gasteiger partial charge in [0.05, 0.1) is 12.0 Å². The lowest BCUT2D eigenvalue weighted by atomic mass is 9.77. The number of rotatable bonds is 4. The smallest absolute Gasteiger partial charge is 0.330 e. The molecule has 1 aliphatic carbocycles. The maximum atomic E-state index is 13.4. The van der Waals surface area contributed by atoms with Crippen LogP contribution in [-0.2, 0) is 19.7 Å². The van der Waals surface area contributed by atoms with Crippen molar-refractivity contribution in [1.29, 1.82) is 0 Å². The van der Waals surface area contributed by atoms with E-state index in [1.807, 2.05) is 30.0 Å². The zero-order valence-corrected chi connectivity index (χ0v) is 15.0. The highest BCUT2D eigenvalue weighted by Crippen LogP contribution is 2.43. The molecule has 2 fully saturated rings. The molecule has 4 nitrogen and oxygen atoms in total. The highest BCUT2D eigenvalue weighted by atomic mass is 16.5. The van der Waals surface area contributed by atoms with Crippen molar-refractivity contribution in [1.82, 2.24) is 4.90 Å². The van der Waals surface area contributed by atoms with E-state index < -0.39 is 0 Å². The number of amides is 1. The van der Waals surface area contributed by atoms with Crippen molar-refractivity contribution >= 4 is 11.9 Å². The number of hydrogen-bond acceptors (Lipinski definition) is 3. The molecular formula is C21H27NO3. The van der Waals surface area contributed by atoms with Crippen molar-refractivity contribution in [2.75, 3.05) is 19.7 Å². The van der Waals surface area contributed by atoms with E-state index in [1.54, 1.807) is 6.08 Å². The molecule has 1 saturated heterocycles. The Kier molecular flexibility index (Phi) is 5.57. The van der Waals surface area contributed by atoms with E-state index in [2.05, 4.69) is 12.1 Å². The van der Waals surface area contributed by atoms with Gasteiger partial charge in [0.1, 0.15) is 0 Å². The predicted octanol–water partition coefficient (Wildman–Crippen LogP) is 3.61. The molecule has 0 unspecified atom stereocenters. The molecule has 1 heterocycles. The maximum Gasteiger partial charge on any atom is 0.330 e. The topological polar surface area (TPSA) is 46.6 Å². The molecule has 1 aromatic carbocycles. The van der Waals surface area contributed by atoms with E-state index in [9.17, 15) is 9.59 Å². The first-order valence-electron chi connectivity index (χ1n) is 9.37. The molecule has 134 valence electrons. The van der Waals surface area contributed by atoms with Crippen LogP contribution < -0.4 is 0 Å². The third-order valence-electron chi connectivity index (χ3n) is 5.49. The largest absolute Gasteiger partial charge is 0.463 e. The molecule has 0 aromatic heterocycles. The van der Waals surface area contributed by atoms with Crippen LogP contribution in [0.2, 0.25) is 0 Å². The third kappa shape index (κ3) is 3.78. The quantitative estimate of drug-likeness (QED) is 0.621. The van der Waals surface area contributed by atoms with Crippen LogP contribution in [-0.4, -0.2) is 36.5 Å². The number of ether oxygens (including phenoxy) is 1. The Labute approximate surface area is 149 Å². The summed E-state index contributed by atoms with van der Waals surface area (Å²) in [6.45, 7) is 3.59. The van der Waals surface area contributed by atoms with Crippen LogP contribution in [0.15, 0.2) is 42.0 Å². The second kappa shape index (κ2) is 7.85. The van der Waals surface area contributed by atoms with Crippen molar-refractivity contribution in [2.24, 2.45) is 0 Å². The van der Waals surface area contributed by atoms with Crippen LogP contribution in [0.1, 0.15) is 51.0 Å². The van der Waals surface area contributed by atoms with Gasteiger partial charge >= 0.3 is 5.97 Å². The molecule has 25 heavy (non-hydrogen) atoms. The number of likely N-dealkylation sites (tertiary alicyclic amines) is 1. The van der Waals surface area contributed by atoms with Crippen molar-refractivity contribution in [2.45, 2.75) is 50.9 Å². The van der Waals surface area contributed by atoms with E-state index in [1.165, 1.54) is 0 Å². The summed E-state index contributed by atoms with van der Waals surface area (Å²) in [5.41, 5.74) is 1.90. The van der Waals surface area contributed by atoms with Gasteiger partial charge < -0.3 is 9.64 Å². The minimum Gasteiger partial charge on any atom is -0.463 e. The van der Waals surface area contributed by atoms with Gasteiger partial charge in [-0.1, -0.05) is 48.7 Å². The molecule has 1 amide bonds. The second-order valence-electron chi connectivity index (χ2n) is 7.00. The molecule has 1 aromatic rings. The van der Waals surface area contributed by atoms with E-state index in [0.29, 0.717) is 19.7 Å².